The van der Waals surface area contributed by atoms with Crippen molar-refractivity contribution >= 4 is 17.3 Å². The van der Waals surface area contributed by atoms with Crippen LogP contribution in [0.3, 0.4) is 0 Å². The Bertz CT molecular complexity index is 1040. The number of nitrogens with zero attached hydrogens (tertiary/aromatic N) is 5. The van der Waals surface area contributed by atoms with E-state index >= 15 is 0 Å². The van der Waals surface area contributed by atoms with Gasteiger partial charge in [-0.05, 0) is 31.0 Å². The first kappa shape index (κ1) is 19.4. The van der Waals surface area contributed by atoms with Crippen LogP contribution in [0.4, 0.5) is 18.9 Å². The fraction of sp³-hybridized carbons (Fsp3) is 0.333. The summed E-state index contributed by atoms with van der Waals surface area (Å²) in [4.78, 5) is 18.3. The van der Waals surface area contributed by atoms with Crippen molar-refractivity contribution in [1.82, 2.24) is 25.0 Å². The standard InChI is InChI=1S/C18H16ClF3N6O/c19-16-14(27-7-4-11(5-8-27)13-3-6-24-26-13)10-25-28(17(16)29)15-2-1-12(9-23-15)18(20,21)22/h1-3,6,9-11H,4-5,7-8H2,(H,24,26). The third-order valence-corrected chi connectivity index (χ3v) is 5.35. The molecule has 1 saturated heterocycles. The second kappa shape index (κ2) is 7.51. The molecule has 1 fully saturated rings. The number of aromatic nitrogens is 5. The molecule has 3 aromatic heterocycles. The highest BCUT2D eigenvalue weighted by Gasteiger charge is 2.31. The van der Waals surface area contributed by atoms with Gasteiger partial charge in [0.15, 0.2) is 5.82 Å². The largest absolute Gasteiger partial charge is 0.417 e. The number of nitrogens with one attached hydrogen (secondary N) is 1. The van der Waals surface area contributed by atoms with E-state index in [1.807, 2.05) is 11.0 Å². The summed E-state index contributed by atoms with van der Waals surface area (Å²) in [6.45, 7) is 1.38. The first-order valence-corrected chi connectivity index (χ1v) is 9.28. The molecule has 152 valence electrons. The zero-order valence-corrected chi connectivity index (χ0v) is 15.8. The van der Waals surface area contributed by atoms with Crippen LogP contribution in [-0.2, 0) is 6.18 Å². The van der Waals surface area contributed by atoms with Crippen molar-refractivity contribution in [1.29, 1.82) is 0 Å². The van der Waals surface area contributed by atoms with Gasteiger partial charge in [-0.25, -0.2) is 4.98 Å². The van der Waals surface area contributed by atoms with Crippen LogP contribution in [-0.4, -0.2) is 38.1 Å². The molecule has 1 aliphatic rings. The molecule has 11 heteroatoms. The quantitative estimate of drug-likeness (QED) is 0.697. The van der Waals surface area contributed by atoms with Crippen molar-refractivity contribution in [3.8, 4) is 5.82 Å². The van der Waals surface area contributed by atoms with Crippen LogP contribution in [0.1, 0.15) is 30.0 Å². The van der Waals surface area contributed by atoms with Crippen molar-refractivity contribution in [2.45, 2.75) is 24.9 Å². The number of H-pyrrole nitrogens is 1. The van der Waals surface area contributed by atoms with Crippen molar-refractivity contribution in [3.63, 3.8) is 0 Å². The Morgan fingerprint density at radius 3 is 2.48 bits per heavy atom. The van der Waals surface area contributed by atoms with Crippen LogP contribution in [0, 0.1) is 0 Å². The van der Waals surface area contributed by atoms with Crippen molar-refractivity contribution in [2.75, 3.05) is 18.0 Å². The maximum Gasteiger partial charge on any atom is 0.417 e. The Hall–Kier alpha value is -2.88. The summed E-state index contributed by atoms with van der Waals surface area (Å²) < 4.78 is 38.9. The minimum Gasteiger partial charge on any atom is -0.369 e. The van der Waals surface area contributed by atoms with E-state index in [1.165, 1.54) is 6.20 Å². The lowest BCUT2D eigenvalue weighted by molar-refractivity contribution is -0.137. The Kier molecular flexibility index (Phi) is 5.03. The molecule has 0 amide bonds. The fourth-order valence-corrected chi connectivity index (χ4v) is 3.66. The van der Waals surface area contributed by atoms with E-state index in [1.54, 1.807) is 6.20 Å². The molecule has 3 aromatic rings. The van der Waals surface area contributed by atoms with Crippen molar-refractivity contribution in [3.05, 3.63) is 63.4 Å². The lowest BCUT2D eigenvalue weighted by atomic mass is 9.93. The Morgan fingerprint density at radius 2 is 1.90 bits per heavy atom. The number of hydrogen-bond donors (Lipinski definition) is 1. The molecule has 0 saturated carbocycles. The monoisotopic (exact) mass is 424 g/mol. The molecule has 0 radical (unpaired) electrons. The molecule has 4 rings (SSSR count). The van der Waals surface area contributed by atoms with Gasteiger partial charge in [-0.15, -0.1) is 0 Å². The molecule has 4 heterocycles. The number of halogens is 4. The zero-order chi connectivity index (χ0) is 20.6. The minimum atomic E-state index is -4.51. The van der Waals surface area contributed by atoms with Gasteiger partial charge in [0, 0.05) is 37.1 Å². The molecule has 0 aromatic carbocycles. The van der Waals surface area contributed by atoms with E-state index in [2.05, 4.69) is 20.3 Å². The average Bonchev–Trinajstić information content (AvgIpc) is 3.25. The molecular weight excluding hydrogens is 409 g/mol. The Labute approximate surface area is 168 Å². The lowest BCUT2D eigenvalue weighted by Crippen LogP contribution is -2.35. The predicted octanol–water partition coefficient (Wildman–Crippen LogP) is 3.41. The first-order valence-electron chi connectivity index (χ1n) is 8.90. The molecule has 29 heavy (non-hydrogen) atoms. The highest BCUT2D eigenvalue weighted by molar-refractivity contribution is 6.33. The van der Waals surface area contributed by atoms with Gasteiger partial charge in [0.25, 0.3) is 5.56 Å². The van der Waals surface area contributed by atoms with Crippen LogP contribution >= 0.6 is 11.6 Å². The summed E-state index contributed by atoms with van der Waals surface area (Å²) >= 11 is 6.28. The fourth-order valence-electron chi connectivity index (χ4n) is 3.41. The number of aromatic amines is 1. The van der Waals surface area contributed by atoms with Crippen LogP contribution in [0.2, 0.25) is 5.02 Å². The van der Waals surface area contributed by atoms with Gasteiger partial charge in [0.1, 0.15) is 5.02 Å². The van der Waals surface area contributed by atoms with E-state index < -0.39 is 17.3 Å². The van der Waals surface area contributed by atoms with Crippen LogP contribution in [0.15, 0.2) is 41.6 Å². The van der Waals surface area contributed by atoms with E-state index in [0.717, 1.165) is 35.4 Å². The van der Waals surface area contributed by atoms with Crippen molar-refractivity contribution in [2.24, 2.45) is 0 Å². The van der Waals surface area contributed by atoms with Gasteiger partial charge < -0.3 is 4.90 Å². The van der Waals surface area contributed by atoms with Crippen molar-refractivity contribution < 1.29 is 13.2 Å². The van der Waals surface area contributed by atoms with Crippen LogP contribution in [0.25, 0.3) is 5.82 Å². The zero-order valence-electron chi connectivity index (χ0n) is 15.0. The normalized spacial score (nSPS) is 15.7. The second-order valence-corrected chi connectivity index (χ2v) is 7.11. The number of hydrogen-bond acceptors (Lipinski definition) is 5. The Morgan fingerprint density at radius 1 is 1.14 bits per heavy atom. The molecule has 1 aliphatic heterocycles. The topological polar surface area (TPSA) is 79.7 Å². The summed E-state index contributed by atoms with van der Waals surface area (Å²) in [5.41, 5.74) is 0.0461. The van der Waals surface area contributed by atoms with Crippen LogP contribution < -0.4 is 10.5 Å². The highest BCUT2D eigenvalue weighted by Crippen LogP contribution is 2.31. The number of piperidine rings is 1. The number of pyridine rings is 1. The summed E-state index contributed by atoms with van der Waals surface area (Å²) in [5.74, 6) is 0.326. The second-order valence-electron chi connectivity index (χ2n) is 6.74. The summed E-state index contributed by atoms with van der Waals surface area (Å²) in [6, 6.07) is 3.88. The van der Waals surface area contributed by atoms with Gasteiger partial charge in [-0.1, -0.05) is 11.6 Å². The Balaban J connectivity index is 1.54. The summed E-state index contributed by atoms with van der Waals surface area (Å²) in [6.07, 6.45) is 1.04. The van der Waals surface area contributed by atoms with Crippen LogP contribution in [0.5, 0.6) is 0 Å². The molecule has 0 aliphatic carbocycles. The summed E-state index contributed by atoms with van der Waals surface area (Å²) in [5, 5.41) is 11.0. The molecule has 0 unspecified atom stereocenters. The van der Waals surface area contributed by atoms with E-state index in [9.17, 15) is 18.0 Å². The molecule has 0 atom stereocenters. The van der Waals surface area contributed by atoms with Gasteiger partial charge in [-0.2, -0.15) is 28.1 Å². The number of alkyl halides is 3. The molecule has 7 nitrogen and oxygen atoms in total. The third-order valence-electron chi connectivity index (χ3n) is 4.99. The van der Waals surface area contributed by atoms with Gasteiger partial charge in [-0.3, -0.25) is 9.89 Å². The SMILES string of the molecule is O=c1c(Cl)c(N2CCC(c3ccn[nH]3)CC2)cnn1-c1ccc(C(F)(F)F)cn1. The number of rotatable bonds is 3. The molecule has 1 N–H and O–H groups in total. The van der Waals surface area contributed by atoms with E-state index in [4.69, 9.17) is 11.6 Å². The average molecular weight is 425 g/mol. The minimum absolute atomic E-state index is 0.0330. The molecule has 0 spiro atoms. The van der Waals surface area contributed by atoms with E-state index in [-0.39, 0.29) is 10.8 Å². The van der Waals surface area contributed by atoms with E-state index in [0.29, 0.717) is 30.9 Å². The van der Waals surface area contributed by atoms with Gasteiger partial charge in [0.2, 0.25) is 0 Å². The predicted molar refractivity (Wildman–Crippen MR) is 100 cm³/mol. The summed E-state index contributed by atoms with van der Waals surface area (Å²) in [7, 11) is 0. The maximum atomic E-state index is 12.7. The third kappa shape index (κ3) is 3.84. The highest BCUT2D eigenvalue weighted by atomic mass is 35.5. The van der Waals surface area contributed by atoms with Gasteiger partial charge >= 0.3 is 6.18 Å². The molecular formula is C18H16ClF3N6O. The first-order chi connectivity index (χ1) is 13.8. The lowest BCUT2D eigenvalue weighted by Gasteiger charge is -2.33. The smallest absolute Gasteiger partial charge is 0.369 e. The number of anilines is 1. The van der Waals surface area contributed by atoms with Gasteiger partial charge in [0.05, 0.1) is 17.4 Å². The molecule has 0 bridgehead atoms. The maximum absolute atomic E-state index is 12.7.